The van der Waals surface area contributed by atoms with Crippen molar-refractivity contribution < 1.29 is 0 Å². The summed E-state index contributed by atoms with van der Waals surface area (Å²) < 4.78 is 0. The normalized spacial score (nSPS) is 27.0. The third kappa shape index (κ3) is 3.92. The van der Waals surface area contributed by atoms with Crippen LogP contribution in [0.1, 0.15) is 38.2 Å². The van der Waals surface area contributed by atoms with Crippen LogP contribution < -0.4 is 5.32 Å². The van der Waals surface area contributed by atoms with Gasteiger partial charge in [0.25, 0.3) is 0 Å². The molecular formula is C17H24Cl2N2. The highest BCUT2D eigenvalue weighted by Crippen LogP contribution is 2.37. The van der Waals surface area contributed by atoms with Gasteiger partial charge in [-0.05, 0) is 42.9 Å². The average molecular weight is 327 g/mol. The average Bonchev–Trinajstić information content (AvgIpc) is 3.27. The van der Waals surface area contributed by atoms with E-state index in [1.54, 1.807) is 0 Å². The smallest absolute Gasteiger partial charge is 0.0465 e. The summed E-state index contributed by atoms with van der Waals surface area (Å²) in [5, 5.41) is 5.24. The number of nitrogens with zero attached hydrogens (tertiary/aromatic N) is 1. The Balaban J connectivity index is 1.72. The van der Waals surface area contributed by atoms with Crippen molar-refractivity contribution in [2.75, 3.05) is 13.1 Å². The molecule has 2 atom stereocenters. The monoisotopic (exact) mass is 326 g/mol. The number of hydrogen-bond donors (Lipinski definition) is 1. The minimum atomic E-state index is 0.621. The molecule has 1 saturated heterocycles. The van der Waals surface area contributed by atoms with E-state index in [0.717, 1.165) is 30.6 Å². The standard InChI is InChI=1S/C17H24Cl2N2/c1-2-3-15-11-21(17(9-20-15)12-4-5-12)10-13-6-7-14(18)8-16(13)19/h6-8,12,15,17,20H,2-5,9-11H2,1H3. The van der Waals surface area contributed by atoms with Crippen molar-refractivity contribution >= 4 is 23.2 Å². The van der Waals surface area contributed by atoms with Crippen LogP contribution in [0.2, 0.25) is 10.0 Å². The van der Waals surface area contributed by atoms with Gasteiger partial charge in [-0.1, -0.05) is 42.6 Å². The van der Waals surface area contributed by atoms with Gasteiger partial charge in [0.05, 0.1) is 0 Å². The number of hydrogen-bond acceptors (Lipinski definition) is 2. The van der Waals surface area contributed by atoms with Gasteiger partial charge in [0.15, 0.2) is 0 Å². The van der Waals surface area contributed by atoms with E-state index in [1.807, 2.05) is 12.1 Å². The highest BCUT2D eigenvalue weighted by Gasteiger charge is 2.38. The summed E-state index contributed by atoms with van der Waals surface area (Å²) in [6.45, 7) is 5.46. The van der Waals surface area contributed by atoms with E-state index in [9.17, 15) is 0 Å². The number of benzene rings is 1. The summed E-state index contributed by atoms with van der Waals surface area (Å²) >= 11 is 12.4. The van der Waals surface area contributed by atoms with E-state index in [1.165, 1.54) is 31.2 Å². The molecule has 0 spiro atoms. The van der Waals surface area contributed by atoms with Crippen LogP contribution in [0.15, 0.2) is 18.2 Å². The molecule has 2 aliphatic rings. The van der Waals surface area contributed by atoms with Gasteiger partial charge < -0.3 is 5.32 Å². The second kappa shape index (κ2) is 6.87. The Kier molecular flexibility index (Phi) is 5.11. The summed E-state index contributed by atoms with van der Waals surface area (Å²) in [5.74, 6) is 0.881. The maximum atomic E-state index is 6.36. The van der Waals surface area contributed by atoms with Crippen LogP contribution in [0.5, 0.6) is 0 Å². The molecule has 1 aliphatic carbocycles. The first-order chi connectivity index (χ1) is 10.2. The molecule has 3 rings (SSSR count). The Morgan fingerprint density at radius 2 is 2.10 bits per heavy atom. The Labute approximate surface area is 137 Å². The van der Waals surface area contributed by atoms with Gasteiger partial charge in [-0.3, -0.25) is 4.90 Å². The second-order valence-corrected chi connectivity index (χ2v) is 7.31. The molecule has 1 heterocycles. The zero-order valence-electron chi connectivity index (χ0n) is 12.6. The highest BCUT2D eigenvalue weighted by molar-refractivity contribution is 6.35. The predicted octanol–water partition coefficient (Wildman–Crippen LogP) is 4.35. The van der Waals surface area contributed by atoms with Crippen molar-refractivity contribution in [3.63, 3.8) is 0 Å². The second-order valence-electron chi connectivity index (χ2n) is 6.46. The summed E-state index contributed by atoms with van der Waals surface area (Å²) in [6.07, 6.45) is 5.26. The fraction of sp³-hybridized carbons (Fsp3) is 0.647. The van der Waals surface area contributed by atoms with Crippen LogP contribution in [0.3, 0.4) is 0 Å². The molecule has 2 fully saturated rings. The minimum Gasteiger partial charge on any atom is -0.311 e. The first-order valence-electron chi connectivity index (χ1n) is 8.08. The first-order valence-corrected chi connectivity index (χ1v) is 8.84. The molecule has 1 aromatic rings. The molecule has 1 saturated carbocycles. The molecule has 116 valence electrons. The molecule has 2 unspecified atom stereocenters. The summed E-state index contributed by atoms with van der Waals surface area (Å²) in [6, 6.07) is 7.17. The van der Waals surface area contributed by atoms with Crippen molar-refractivity contribution in [1.82, 2.24) is 10.2 Å². The molecule has 1 N–H and O–H groups in total. The third-order valence-corrected chi connectivity index (χ3v) is 5.32. The molecule has 4 heteroatoms. The van der Waals surface area contributed by atoms with Crippen LogP contribution in [-0.4, -0.2) is 30.1 Å². The maximum Gasteiger partial charge on any atom is 0.0465 e. The Bertz CT molecular complexity index is 488. The first kappa shape index (κ1) is 15.6. The van der Waals surface area contributed by atoms with Crippen molar-refractivity contribution in [3.8, 4) is 0 Å². The number of piperazine rings is 1. The summed E-state index contributed by atoms with van der Waals surface area (Å²) in [4.78, 5) is 2.64. The molecule has 0 aromatic heterocycles. The number of halogens is 2. The van der Waals surface area contributed by atoms with E-state index in [2.05, 4.69) is 23.2 Å². The molecule has 0 radical (unpaired) electrons. The Hall–Kier alpha value is -0.280. The number of nitrogens with one attached hydrogen (secondary N) is 1. The van der Waals surface area contributed by atoms with E-state index in [4.69, 9.17) is 23.2 Å². The van der Waals surface area contributed by atoms with Gasteiger partial charge in [0, 0.05) is 41.8 Å². The van der Waals surface area contributed by atoms with E-state index >= 15 is 0 Å². The van der Waals surface area contributed by atoms with Gasteiger partial charge in [0.1, 0.15) is 0 Å². The molecule has 1 aliphatic heterocycles. The van der Waals surface area contributed by atoms with Crippen LogP contribution in [0, 0.1) is 5.92 Å². The Morgan fingerprint density at radius 1 is 1.29 bits per heavy atom. The van der Waals surface area contributed by atoms with E-state index in [-0.39, 0.29) is 0 Å². The zero-order chi connectivity index (χ0) is 14.8. The molecular weight excluding hydrogens is 303 g/mol. The third-order valence-electron chi connectivity index (χ3n) is 4.73. The lowest BCUT2D eigenvalue weighted by atomic mass is 10.0. The zero-order valence-corrected chi connectivity index (χ0v) is 14.1. The molecule has 21 heavy (non-hydrogen) atoms. The lowest BCUT2D eigenvalue weighted by Gasteiger charge is -2.41. The van der Waals surface area contributed by atoms with Crippen molar-refractivity contribution in [2.24, 2.45) is 5.92 Å². The van der Waals surface area contributed by atoms with E-state index < -0.39 is 0 Å². The molecule has 2 nitrogen and oxygen atoms in total. The van der Waals surface area contributed by atoms with E-state index in [0.29, 0.717) is 17.1 Å². The SMILES string of the molecule is CCCC1CN(Cc2ccc(Cl)cc2Cl)C(C2CC2)CN1. The molecule has 0 amide bonds. The lowest BCUT2D eigenvalue weighted by molar-refractivity contribution is 0.104. The number of rotatable bonds is 5. The van der Waals surface area contributed by atoms with Gasteiger partial charge in [0.2, 0.25) is 0 Å². The Morgan fingerprint density at radius 3 is 2.76 bits per heavy atom. The van der Waals surface area contributed by atoms with Crippen LogP contribution >= 0.6 is 23.2 Å². The van der Waals surface area contributed by atoms with Gasteiger partial charge in [-0.25, -0.2) is 0 Å². The van der Waals surface area contributed by atoms with Crippen LogP contribution in [-0.2, 0) is 6.54 Å². The summed E-state index contributed by atoms with van der Waals surface area (Å²) in [7, 11) is 0. The van der Waals surface area contributed by atoms with Gasteiger partial charge in [-0.2, -0.15) is 0 Å². The lowest BCUT2D eigenvalue weighted by Crippen LogP contribution is -2.56. The largest absolute Gasteiger partial charge is 0.311 e. The van der Waals surface area contributed by atoms with Crippen LogP contribution in [0.25, 0.3) is 0 Å². The van der Waals surface area contributed by atoms with Crippen molar-refractivity contribution in [2.45, 2.75) is 51.2 Å². The highest BCUT2D eigenvalue weighted by atomic mass is 35.5. The fourth-order valence-corrected chi connectivity index (χ4v) is 3.91. The topological polar surface area (TPSA) is 15.3 Å². The van der Waals surface area contributed by atoms with Crippen molar-refractivity contribution in [3.05, 3.63) is 33.8 Å². The summed E-state index contributed by atoms with van der Waals surface area (Å²) in [5.41, 5.74) is 1.20. The van der Waals surface area contributed by atoms with Gasteiger partial charge >= 0.3 is 0 Å². The predicted molar refractivity (Wildman–Crippen MR) is 90.1 cm³/mol. The quantitative estimate of drug-likeness (QED) is 0.865. The molecule has 0 bridgehead atoms. The van der Waals surface area contributed by atoms with Crippen molar-refractivity contribution in [1.29, 1.82) is 0 Å². The maximum absolute atomic E-state index is 6.36. The molecule has 1 aromatic carbocycles. The minimum absolute atomic E-state index is 0.621. The fourth-order valence-electron chi connectivity index (χ4n) is 3.44. The van der Waals surface area contributed by atoms with Gasteiger partial charge in [-0.15, -0.1) is 0 Å². The van der Waals surface area contributed by atoms with Crippen LogP contribution in [0.4, 0.5) is 0 Å².